The van der Waals surface area contributed by atoms with Gasteiger partial charge in [-0.25, -0.2) is 0 Å². The average molecular weight is 208 g/mol. The molecule has 1 N–H and O–H groups in total. The van der Waals surface area contributed by atoms with E-state index in [1.54, 1.807) is 12.1 Å². The van der Waals surface area contributed by atoms with E-state index in [2.05, 4.69) is 19.2 Å². The second-order valence-electron chi connectivity index (χ2n) is 3.71. The average Bonchev–Trinajstić information content (AvgIpc) is 2.27. The number of rotatable bonds is 4. The van der Waals surface area contributed by atoms with Crippen molar-refractivity contribution in [1.82, 2.24) is 5.32 Å². The standard InChI is InChI=1S/C11H16N2O2/c1-8(9(2)12-3)10-4-6-11(7-5-10)13(14)15/h4-9,12H,1-3H3. The molecular formula is C11H16N2O2. The number of benzene rings is 1. The van der Waals surface area contributed by atoms with Crippen LogP contribution in [0.2, 0.25) is 0 Å². The third-order valence-corrected chi connectivity index (χ3v) is 2.84. The molecule has 0 saturated heterocycles. The van der Waals surface area contributed by atoms with E-state index in [1.165, 1.54) is 0 Å². The van der Waals surface area contributed by atoms with E-state index in [1.807, 2.05) is 19.2 Å². The number of likely N-dealkylation sites (N-methyl/N-ethyl adjacent to an activating group) is 1. The van der Waals surface area contributed by atoms with Crippen LogP contribution >= 0.6 is 0 Å². The zero-order valence-corrected chi connectivity index (χ0v) is 9.23. The molecule has 0 aromatic heterocycles. The van der Waals surface area contributed by atoms with Crippen molar-refractivity contribution in [1.29, 1.82) is 0 Å². The van der Waals surface area contributed by atoms with E-state index in [4.69, 9.17) is 0 Å². The lowest BCUT2D eigenvalue weighted by Crippen LogP contribution is -2.27. The summed E-state index contributed by atoms with van der Waals surface area (Å²) < 4.78 is 0. The van der Waals surface area contributed by atoms with Gasteiger partial charge in [0.2, 0.25) is 0 Å². The van der Waals surface area contributed by atoms with Gasteiger partial charge in [-0.3, -0.25) is 10.1 Å². The molecule has 82 valence electrons. The third kappa shape index (κ3) is 2.76. The molecule has 1 rings (SSSR count). The minimum absolute atomic E-state index is 0.142. The first-order valence-corrected chi connectivity index (χ1v) is 4.98. The molecule has 0 spiro atoms. The summed E-state index contributed by atoms with van der Waals surface area (Å²) in [5, 5.41) is 13.6. The zero-order chi connectivity index (χ0) is 11.4. The Kier molecular flexibility index (Phi) is 3.80. The molecule has 0 fully saturated rings. The third-order valence-electron chi connectivity index (χ3n) is 2.84. The van der Waals surface area contributed by atoms with Gasteiger partial charge in [0.05, 0.1) is 4.92 Å². The quantitative estimate of drug-likeness (QED) is 0.610. The lowest BCUT2D eigenvalue weighted by atomic mass is 9.94. The van der Waals surface area contributed by atoms with Crippen LogP contribution in [0.5, 0.6) is 0 Å². The molecule has 0 bridgehead atoms. The van der Waals surface area contributed by atoms with Gasteiger partial charge in [-0.1, -0.05) is 19.1 Å². The SMILES string of the molecule is CNC(C)C(C)c1ccc([N+](=O)[O-])cc1. The molecule has 0 radical (unpaired) electrons. The predicted octanol–water partition coefficient (Wildman–Crippen LogP) is 2.31. The molecule has 1 aromatic rings. The zero-order valence-electron chi connectivity index (χ0n) is 9.23. The Bertz CT molecular complexity index is 335. The number of hydrogen-bond donors (Lipinski definition) is 1. The first-order chi connectivity index (χ1) is 7.06. The van der Waals surface area contributed by atoms with Gasteiger partial charge in [0.15, 0.2) is 0 Å². The molecule has 0 saturated carbocycles. The summed E-state index contributed by atoms with van der Waals surface area (Å²) in [6, 6.07) is 7.09. The summed E-state index contributed by atoms with van der Waals surface area (Å²) in [4.78, 5) is 10.1. The van der Waals surface area contributed by atoms with Crippen LogP contribution in [0.15, 0.2) is 24.3 Å². The smallest absolute Gasteiger partial charge is 0.269 e. The minimum atomic E-state index is -0.379. The largest absolute Gasteiger partial charge is 0.317 e. The molecule has 15 heavy (non-hydrogen) atoms. The van der Waals surface area contributed by atoms with Gasteiger partial charge < -0.3 is 5.32 Å². The molecule has 4 heteroatoms. The fourth-order valence-corrected chi connectivity index (χ4v) is 1.44. The number of nitro groups is 1. The van der Waals surface area contributed by atoms with Gasteiger partial charge in [-0.15, -0.1) is 0 Å². The first-order valence-electron chi connectivity index (χ1n) is 4.98. The van der Waals surface area contributed by atoms with Crippen LogP contribution in [0.3, 0.4) is 0 Å². The van der Waals surface area contributed by atoms with Crippen molar-refractivity contribution >= 4 is 5.69 Å². The monoisotopic (exact) mass is 208 g/mol. The molecule has 4 nitrogen and oxygen atoms in total. The minimum Gasteiger partial charge on any atom is -0.317 e. The van der Waals surface area contributed by atoms with Crippen LogP contribution in [0.1, 0.15) is 25.3 Å². The van der Waals surface area contributed by atoms with Crippen LogP contribution in [0.4, 0.5) is 5.69 Å². The number of nitrogens with zero attached hydrogens (tertiary/aromatic N) is 1. The van der Waals surface area contributed by atoms with E-state index < -0.39 is 0 Å². The van der Waals surface area contributed by atoms with Gasteiger partial charge in [0.1, 0.15) is 0 Å². The Balaban J connectivity index is 2.84. The summed E-state index contributed by atoms with van der Waals surface area (Å²) in [6.07, 6.45) is 0. The van der Waals surface area contributed by atoms with Crippen molar-refractivity contribution in [3.8, 4) is 0 Å². The second kappa shape index (κ2) is 4.89. The maximum Gasteiger partial charge on any atom is 0.269 e. The molecule has 2 atom stereocenters. The Morgan fingerprint density at radius 1 is 1.27 bits per heavy atom. The highest BCUT2D eigenvalue weighted by atomic mass is 16.6. The summed E-state index contributed by atoms with van der Waals surface area (Å²) in [5.74, 6) is 0.343. The summed E-state index contributed by atoms with van der Waals surface area (Å²) in [7, 11) is 1.91. The highest BCUT2D eigenvalue weighted by Crippen LogP contribution is 2.21. The maximum absolute atomic E-state index is 10.5. The van der Waals surface area contributed by atoms with E-state index in [0.29, 0.717) is 12.0 Å². The first kappa shape index (κ1) is 11.7. The Hall–Kier alpha value is -1.42. The summed E-state index contributed by atoms with van der Waals surface area (Å²) >= 11 is 0. The fraction of sp³-hybridized carbons (Fsp3) is 0.455. The van der Waals surface area contributed by atoms with Crippen LogP contribution < -0.4 is 5.32 Å². The number of nitrogens with one attached hydrogen (secondary N) is 1. The van der Waals surface area contributed by atoms with Crippen molar-refractivity contribution in [3.63, 3.8) is 0 Å². The van der Waals surface area contributed by atoms with Crippen molar-refractivity contribution in [2.24, 2.45) is 0 Å². The van der Waals surface area contributed by atoms with E-state index in [0.717, 1.165) is 5.56 Å². The summed E-state index contributed by atoms with van der Waals surface area (Å²) in [5.41, 5.74) is 1.26. The number of nitro benzene ring substituents is 1. The van der Waals surface area contributed by atoms with Crippen LogP contribution in [0.25, 0.3) is 0 Å². The number of hydrogen-bond acceptors (Lipinski definition) is 3. The molecule has 2 unspecified atom stereocenters. The van der Waals surface area contributed by atoms with Crippen molar-refractivity contribution in [3.05, 3.63) is 39.9 Å². The topological polar surface area (TPSA) is 55.2 Å². The second-order valence-corrected chi connectivity index (χ2v) is 3.71. The molecule has 0 aliphatic rings. The van der Waals surface area contributed by atoms with Crippen LogP contribution in [-0.4, -0.2) is 18.0 Å². The van der Waals surface area contributed by atoms with Crippen molar-refractivity contribution < 1.29 is 4.92 Å². The molecule has 0 amide bonds. The van der Waals surface area contributed by atoms with Crippen molar-refractivity contribution in [2.45, 2.75) is 25.8 Å². The summed E-state index contributed by atoms with van der Waals surface area (Å²) in [6.45, 7) is 4.19. The lowest BCUT2D eigenvalue weighted by molar-refractivity contribution is -0.384. The van der Waals surface area contributed by atoms with E-state index >= 15 is 0 Å². The highest BCUT2D eigenvalue weighted by Gasteiger charge is 2.13. The predicted molar refractivity (Wildman–Crippen MR) is 60.0 cm³/mol. The Morgan fingerprint density at radius 3 is 2.20 bits per heavy atom. The molecule has 0 heterocycles. The van der Waals surface area contributed by atoms with Crippen molar-refractivity contribution in [2.75, 3.05) is 7.05 Å². The molecule has 1 aromatic carbocycles. The van der Waals surface area contributed by atoms with E-state index in [9.17, 15) is 10.1 Å². The molecular weight excluding hydrogens is 192 g/mol. The number of non-ortho nitro benzene ring substituents is 1. The van der Waals surface area contributed by atoms with Crippen LogP contribution in [0, 0.1) is 10.1 Å². The molecule has 0 aliphatic heterocycles. The normalized spacial score (nSPS) is 14.6. The highest BCUT2D eigenvalue weighted by molar-refractivity contribution is 5.34. The Labute approximate surface area is 89.5 Å². The molecule has 0 aliphatic carbocycles. The van der Waals surface area contributed by atoms with Gasteiger partial charge in [-0.2, -0.15) is 0 Å². The Morgan fingerprint density at radius 2 is 1.80 bits per heavy atom. The van der Waals surface area contributed by atoms with E-state index in [-0.39, 0.29) is 10.6 Å². The van der Waals surface area contributed by atoms with Gasteiger partial charge in [-0.05, 0) is 25.5 Å². The van der Waals surface area contributed by atoms with Gasteiger partial charge >= 0.3 is 0 Å². The van der Waals surface area contributed by atoms with Gasteiger partial charge in [0, 0.05) is 18.2 Å². The maximum atomic E-state index is 10.5. The fourth-order valence-electron chi connectivity index (χ4n) is 1.44. The lowest BCUT2D eigenvalue weighted by Gasteiger charge is -2.19. The van der Waals surface area contributed by atoms with Crippen LogP contribution in [-0.2, 0) is 0 Å². The van der Waals surface area contributed by atoms with Gasteiger partial charge in [0.25, 0.3) is 5.69 Å².